The van der Waals surface area contributed by atoms with Gasteiger partial charge in [0.15, 0.2) is 5.13 Å². The van der Waals surface area contributed by atoms with Crippen LogP contribution < -0.4 is 4.72 Å². The molecule has 0 bridgehead atoms. The lowest BCUT2D eigenvalue weighted by Crippen LogP contribution is -2.50. The molecule has 9 heteroatoms. The predicted molar refractivity (Wildman–Crippen MR) is 120 cm³/mol. The Morgan fingerprint density at radius 2 is 2.00 bits per heavy atom. The SMILES string of the molecule is Cc1cccc(C2(C)CN(C(=O)c3ccc(S(=O)(=O)Nc4nccs4)cc3)CCO2)c1. The van der Waals surface area contributed by atoms with Crippen molar-refractivity contribution in [2.24, 2.45) is 0 Å². The molecule has 1 saturated heterocycles. The zero-order valence-corrected chi connectivity index (χ0v) is 18.9. The van der Waals surface area contributed by atoms with Gasteiger partial charge >= 0.3 is 0 Å². The standard InChI is InChI=1S/C22H23N3O4S2/c1-16-4-3-5-18(14-16)22(2)15-25(11-12-29-22)20(26)17-6-8-19(9-7-17)31(27,28)24-21-23-10-13-30-21/h3-10,13-14H,11-12,15H2,1-2H3,(H,23,24). The number of hydrogen-bond acceptors (Lipinski definition) is 6. The quantitative estimate of drug-likeness (QED) is 0.632. The summed E-state index contributed by atoms with van der Waals surface area (Å²) in [5.41, 5.74) is 2.00. The molecule has 0 spiro atoms. The molecule has 3 aromatic rings. The Morgan fingerprint density at radius 3 is 2.68 bits per heavy atom. The van der Waals surface area contributed by atoms with Crippen LogP contribution in [0.4, 0.5) is 5.13 Å². The number of amides is 1. The fourth-order valence-corrected chi connectivity index (χ4v) is 5.39. The largest absolute Gasteiger partial charge is 0.367 e. The summed E-state index contributed by atoms with van der Waals surface area (Å²) in [4.78, 5) is 18.9. The van der Waals surface area contributed by atoms with Crippen LogP contribution in [0.3, 0.4) is 0 Å². The van der Waals surface area contributed by atoms with E-state index >= 15 is 0 Å². The fraction of sp³-hybridized carbons (Fsp3) is 0.273. The normalized spacial score (nSPS) is 19.2. The van der Waals surface area contributed by atoms with Gasteiger partial charge in [0.05, 0.1) is 18.0 Å². The minimum absolute atomic E-state index is 0.0748. The molecule has 2 aromatic carbocycles. The van der Waals surface area contributed by atoms with Crippen LogP contribution in [0.1, 0.15) is 28.4 Å². The monoisotopic (exact) mass is 457 g/mol. The Bertz CT molecular complexity index is 1180. The number of carbonyl (C=O) groups excluding carboxylic acids is 1. The molecule has 0 aliphatic carbocycles. The Labute approximate surface area is 185 Å². The molecule has 1 aliphatic rings. The van der Waals surface area contributed by atoms with Gasteiger partial charge in [-0.25, -0.2) is 13.4 Å². The van der Waals surface area contributed by atoms with Crippen molar-refractivity contribution in [3.8, 4) is 0 Å². The van der Waals surface area contributed by atoms with Gasteiger partial charge in [0.1, 0.15) is 5.60 Å². The third-order valence-electron chi connectivity index (χ3n) is 5.26. The molecule has 31 heavy (non-hydrogen) atoms. The molecular weight excluding hydrogens is 434 g/mol. The van der Waals surface area contributed by atoms with Crippen molar-refractivity contribution in [2.75, 3.05) is 24.4 Å². The van der Waals surface area contributed by atoms with Gasteiger partial charge in [-0.3, -0.25) is 9.52 Å². The van der Waals surface area contributed by atoms with Crippen molar-refractivity contribution in [1.82, 2.24) is 9.88 Å². The van der Waals surface area contributed by atoms with Gasteiger partial charge < -0.3 is 9.64 Å². The van der Waals surface area contributed by atoms with E-state index in [1.54, 1.807) is 10.3 Å². The molecule has 1 N–H and O–H groups in total. The average Bonchev–Trinajstić information content (AvgIpc) is 3.26. The van der Waals surface area contributed by atoms with E-state index in [2.05, 4.69) is 15.8 Å². The molecule has 1 fully saturated rings. The molecule has 1 atom stereocenters. The highest BCUT2D eigenvalue weighted by Gasteiger charge is 2.36. The first-order chi connectivity index (χ1) is 14.8. The summed E-state index contributed by atoms with van der Waals surface area (Å²) in [7, 11) is -3.76. The second-order valence-electron chi connectivity index (χ2n) is 7.64. The number of morpholine rings is 1. The van der Waals surface area contributed by atoms with E-state index < -0.39 is 15.6 Å². The number of thiazole rings is 1. The molecule has 4 rings (SSSR count). The molecule has 1 aliphatic heterocycles. The van der Waals surface area contributed by atoms with Crippen molar-refractivity contribution in [3.05, 3.63) is 76.8 Å². The van der Waals surface area contributed by atoms with Gasteiger partial charge in [0.25, 0.3) is 15.9 Å². The number of anilines is 1. The van der Waals surface area contributed by atoms with E-state index in [4.69, 9.17) is 4.74 Å². The highest BCUT2D eigenvalue weighted by Crippen LogP contribution is 2.30. The maximum Gasteiger partial charge on any atom is 0.263 e. The van der Waals surface area contributed by atoms with E-state index in [-0.39, 0.29) is 10.8 Å². The Kier molecular flexibility index (Phi) is 5.83. The average molecular weight is 458 g/mol. The van der Waals surface area contributed by atoms with Crippen molar-refractivity contribution in [1.29, 1.82) is 0 Å². The van der Waals surface area contributed by atoms with Gasteiger partial charge in [0.2, 0.25) is 0 Å². The lowest BCUT2D eigenvalue weighted by molar-refractivity contribution is -0.0931. The van der Waals surface area contributed by atoms with Crippen LogP contribution >= 0.6 is 11.3 Å². The number of ether oxygens (including phenoxy) is 1. The van der Waals surface area contributed by atoms with Crippen LogP contribution in [-0.4, -0.2) is 43.9 Å². The zero-order valence-electron chi connectivity index (χ0n) is 17.2. The third kappa shape index (κ3) is 4.63. The molecule has 0 saturated carbocycles. The highest BCUT2D eigenvalue weighted by molar-refractivity contribution is 7.93. The lowest BCUT2D eigenvalue weighted by Gasteiger charge is -2.41. The number of sulfonamides is 1. The molecular formula is C22H23N3O4S2. The smallest absolute Gasteiger partial charge is 0.263 e. The summed E-state index contributed by atoms with van der Waals surface area (Å²) < 4.78 is 33.5. The van der Waals surface area contributed by atoms with E-state index in [9.17, 15) is 13.2 Å². The summed E-state index contributed by atoms with van der Waals surface area (Å²) in [5, 5.41) is 1.98. The van der Waals surface area contributed by atoms with Crippen molar-refractivity contribution in [3.63, 3.8) is 0 Å². The Hall–Kier alpha value is -2.75. The second-order valence-corrected chi connectivity index (χ2v) is 10.2. The number of nitrogens with one attached hydrogen (secondary N) is 1. The second kappa shape index (κ2) is 8.41. The van der Waals surface area contributed by atoms with Crippen molar-refractivity contribution >= 4 is 32.4 Å². The van der Waals surface area contributed by atoms with Gasteiger partial charge in [-0.2, -0.15) is 0 Å². The molecule has 162 valence electrons. The van der Waals surface area contributed by atoms with Gasteiger partial charge in [0, 0.05) is 23.7 Å². The molecule has 1 aromatic heterocycles. The predicted octanol–water partition coefficient (Wildman–Crippen LogP) is 3.64. The van der Waals surface area contributed by atoms with Gasteiger partial charge in [-0.1, -0.05) is 29.8 Å². The van der Waals surface area contributed by atoms with E-state index in [1.807, 2.05) is 32.0 Å². The van der Waals surface area contributed by atoms with Crippen molar-refractivity contribution < 1.29 is 17.9 Å². The first kappa shape index (κ1) is 21.5. The molecule has 1 amide bonds. The van der Waals surface area contributed by atoms with Crippen LogP contribution in [0.15, 0.2) is 65.0 Å². The van der Waals surface area contributed by atoms with Gasteiger partial charge in [-0.15, -0.1) is 11.3 Å². The van der Waals surface area contributed by atoms with E-state index in [0.717, 1.165) is 11.1 Å². The van der Waals surface area contributed by atoms with Crippen LogP contribution in [0.2, 0.25) is 0 Å². The summed E-state index contributed by atoms with van der Waals surface area (Å²) in [5.74, 6) is -0.154. The number of aromatic nitrogens is 1. The van der Waals surface area contributed by atoms with E-state index in [1.165, 1.54) is 41.8 Å². The number of benzene rings is 2. The number of carbonyl (C=O) groups is 1. The molecule has 1 unspecified atom stereocenters. The third-order valence-corrected chi connectivity index (χ3v) is 7.43. The fourth-order valence-electron chi connectivity index (χ4n) is 3.60. The summed E-state index contributed by atoms with van der Waals surface area (Å²) in [6.07, 6.45) is 1.52. The number of aryl methyl sites for hydroxylation is 1. The highest BCUT2D eigenvalue weighted by atomic mass is 32.2. The lowest BCUT2D eigenvalue weighted by atomic mass is 9.92. The van der Waals surface area contributed by atoms with Crippen LogP contribution in [0, 0.1) is 6.92 Å². The van der Waals surface area contributed by atoms with Crippen LogP contribution in [0.25, 0.3) is 0 Å². The maximum absolute atomic E-state index is 13.1. The zero-order chi connectivity index (χ0) is 22.1. The topological polar surface area (TPSA) is 88.6 Å². The summed E-state index contributed by atoms with van der Waals surface area (Å²) >= 11 is 1.20. The number of rotatable bonds is 5. The minimum Gasteiger partial charge on any atom is -0.367 e. The molecule has 2 heterocycles. The summed E-state index contributed by atoms with van der Waals surface area (Å²) in [6.45, 7) is 5.34. The minimum atomic E-state index is -3.76. The van der Waals surface area contributed by atoms with Crippen LogP contribution in [0.5, 0.6) is 0 Å². The Balaban J connectivity index is 1.50. The molecule has 0 radical (unpaired) electrons. The maximum atomic E-state index is 13.1. The first-order valence-corrected chi connectivity index (χ1v) is 12.2. The van der Waals surface area contributed by atoms with Crippen molar-refractivity contribution in [2.45, 2.75) is 24.3 Å². The number of nitrogens with zero attached hydrogens (tertiary/aromatic N) is 2. The van der Waals surface area contributed by atoms with E-state index in [0.29, 0.717) is 30.4 Å². The van der Waals surface area contributed by atoms with Gasteiger partial charge in [-0.05, 0) is 43.7 Å². The first-order valence-electron chi connectivity index (χ1n) is 9.80. The van der Waals surface area contributed by atoms with Crippen LogP contribution in [-0.2, 0) is 20.4 Å². The molecule has 7 nitrogen and oxygen atoms in total. The summed E-state index contributed by atoms with van der Waals surface area (Å²) in [6, 6.07) is 14.0. The Morgan fingerprint density at radius 1 is 1.23 bits per heavy atom. The number of hydrogen-bond donors (Lipinski definition) is 1.